The average Bonchev–Trinajstić information content (AvgIpc) is 2.78. The van der Waals surface area contributed by atoms with E-state index in [0.29, 0.717) is 23.4 Å². The third-order valence-corrected chi connectivity index (χ3v) is 7.69. The summed E-state index contributed by atoms with van der Waals surface area (Å²) in [6.07, 6.45) is 4.97. The average molecular weight is 458 g/mol. The van der Waals surface area contributed by atoms with Crippen LogP contribution in [-0.2, 0) is 21.4 Å². The van der Waals surface area contributed by atoms with E-state index in [-0.39, 0.29) is 17.3 Å². The molecule has 1 aromatic heterocycles. The number of halogens is 1. The second kappa shape index (κ2) is 8.94. The fourth-order valence-corrected chi connectivity index (χ4v) is 5.93. The lowest BCUT2D eigenvalue weighted by Gasteiger charge is -2.36. The number of carbonyl (C=O) groups is 1. The van der Waals surface area contributed by atoms with Gasteiger partial charge in [0, 0.05) is 23.2 Å². The number of hydrogen-bond donors (Lipinski definition) is 2. The van der Waals surface area contributed by atoms with Crippen LogP contribution in [0, 0.1) is 0 Å². The molecule has 1 saturated carbocycles. The van der Waals surface area contributed by atoms with Crippen LogP contribution in [-0.4, -0.2) is 24.8 Å². The van der Waals surface area contributed by atoms with Crippen molar-refractivity contribution < 1.29 is 13.2 Å². The zero-order valence-corrected chi connectivity index (χ0v) is 18.5. The standard InChI is InChI=1S/C23H24ClN3O3S/c24-19-11-3-2-8-18(19)16-26-22(28)23(13-4-1-5-14-23)27-31(29,30)20-12-6-9-17-10-7-15-25-21(17)20/h2-3,6-12,15,27H,1,4-5,13-14,16H2,(H,26,28). The van der Waals surface area contributed by atoms with Crippen LogP contribution in [0.15, 0.2) is 65.7 Å². The highest BCUT2D eigenvalue weighted by Crippen LogP contribution is 2.31. The molecule has 8 heteroatoms. The lowest BCUT2D eigenvalue weighted by molar-refractivity contribution is -0.128. The predicted molar refractivity (Wildman–Crippen MR) is 121 cm³/mol. The van der Waals surface area contributed by atoms with E-state index >= 15 is 0 Å². The van der Waals surface area contributed by atoms with Gasteiger partial charge in [-0.1, -0.05) is 67.3 Å². The maximum absolute atomic E-state index is 13.4. The summed E-state index contributed by atoms with van der Waals surface area (Å²) in [7, 11) is -3.98. The second-order valence-corrected chi connectivity index (χ2v) is 9.91. The summed E-state index contributed by atoms with van der Waals surface area (Å²) >= 11 is 6.20. The van der Waals surface area contributed by atoms with Crippen LogP contribution in [0.1, 0.15) is 37.7 Å². The zero-order chi connectivity index (χ0) is 21.9. The predicted octanol–water partition coefficient (Wildman–Crippen LogP) is 4.19. The Kier molecular flexibility index (Phi) is 6.27. The lowest BCUT2D eigenvalue weighted by Crippen LogP contribution is -2.59. The van der Waals surface area contributed by atoms with Crippen molar-refractivity contribution in [2.24, 2.45) is 0 Å². The Morgan fingerprint density at radius 1 is 1.00 bits per heavy atom. The number of nitrogens with zero attached hydrogens (tertiary/aromatic N) is 1. The van der Waals surface area contributed by atoms with E-state index in [1.807, 2.05) is 30.3 Å². The number of rotatable bonds is 6. The van der Waals surface area contributed by atoms with E-state index in [4.69, 9.17) is 11.6 Å². The minimum absolute atomic E-state index is 0.0782. The Labute approximate surface area is 187 Å². The van der Waals surface area contributed by atoms with Crippen molar-refractivity contribution in [3.63, 3.8) is 0 Å². The zero-order valence-electron chi connectivity index (χ0n) is 17.0. The summed E-state index contributed by atoms with van der Waals surface area (Å²) in [5.41, 5.74) is -0.0283. The minimum Gasteiger partial charge on any atom is -0.350 e. The maximum atomic E-state index is 13.4. The molecule has 1 amide bonds. The smallest absolute Gasteiger partial charge is 0.243 e. The van der Waals surface area contributed by atoms with Gasteiger partial charge in [0.25, 0.3) is 0 Å². The molecule has 1 fully saturated rings. The first-order valence-electron chi connectivity index (χ1n) is 10.3. The van der Waals surface area contributed by atoms with E-state index in [1.165, 1.54) is 6.07 Å². The number of pyridine rings is 1. The molecule has 0 saturated heterocycles. The summed E-state index contributed by atoms with van der Waals surface area (Å²) in [5, 5.41) is 4.18. The van der Waals surface area contributed by atoms with Gasteiger partial charge in [0.1, 0.15) is 10.4 Å². The third kappa shape index (κ3) is 4.59. The summed E-state index contributed by atoms with van der Waals surface area (Å²) in [5.74, 6) is -0.330. The number of amides is 1. The van der Waals surface area contributed by atoms with Gasteiger partial charge >= 0.3 is 0 Å². The first kappa shape index (κ1) is 21.7. The van der Waals surface area contributed by atoms with E-state index in [2.05, 4.69) is 15.0 Å². The second-order valence-electron chi connectivity index (χ2n) is 7.85. The first-order chi connectivity index (χ1) is 14.9. The Hall–Kier alpha value is -2.48. The monoisotopic (exact) mass is 457 g/mol. The molecule has 4 rings (SSSR count). The molecule has 0 spiro atoms. The molecule has 0 unspecified atom stereocenters. The number of sulfonamides is 1. The highest BCUT2D eigenvalue weighted by atomic mass is 35.5. The number of benzene rings is 2. The maximum Gasteiger partial charge on any atom is 0.243 e. The quantitative estimate of drug-likeness (QED) is 0.581. The number of aromatic nitrogens is 1. The van der Waals surface area contributed by atoms with E-state index in [0.717, 1.165) is 30.2 Å². The fourth-order valence-electron chi connectivity index (χ4n) is 4.12. The summed E-state index contributed by atoms with van der Waals surface area (Å²) in [6, 6.07) is 15.9. The van der Waals surface area contributed by atoms with Crippen molar-refractivity contribution >= 4 is 38.4 Å². The molecule has 162 valence electrons. The van der Waals surface area contributed by atoms with Crippen LogP contribution < -0.4 is 10.0 Å². The van der Waals surface area contributed by atoms with Crippen molar-refractivity contribution in [1.82, 2.24) is 15.0 Å². The third-order valence-electron chi connectivity index (χ3n) is 5.75. The normalized spacial score (nSPS) is 16.2. The Bertz CT molecular complexity index is 1200. The van der Waals surface area contributed by atoms with Crippen LogP contribution in [0.5, 0.6) is 0 Å². The van der Waals surface area contributed by atoms with Crippen LogP contribution in [0.25, 0.3) is 10.9 Å². The van der Waals surface area contributed by atoms with Gasteiger partial charge in [0.05, 0.1) is 5.52 Å². The highest BCUT2D eigenvalue weighted by molar-refractivity contribution is 7.89. The SMILES string of the molecule is O=C(NCc1ccccc1Cl)C1(NS(=O)(=O)c2cccc3cccnc23)CCCCC1. The molecule has 6 nitrogen and oxygen atoms in total. The van der Waals surface area contributed by atoms with Crippen LogP contribution >= 0.6 is 11.6 Å². The van der Waals surface area contributed by atoms with Crippen LogP contribution in [0.2, 0.25) is 5.02 Å². The molecule has 3 aromatic rings. The molecule has 1 aliphatic rings. The van der Waals surface area contributed by atoms with Gasteiger partial charge in [-0.3, -0.25) is 9.78 Å². The van der Waals surface area contributed by atoms with Gasteiger partial charge in [0.2, 0.25) is 15.9 Å². The molecule has 0 radical (unpaired) electrons. The van der Waals surface area contributed by atoms with E-state index in [1.54, 1.807) is 24.4 Å². The molecule has 31 heavy (non-hydrogen) atoms. The number of fused-ring (bicyclic) bond motifs is 1. The molecule has 1 aliphatic carbocycles. The minimum atomic E-state index is -3.98. The van der Waals surface area contributed by atoms with Crippen LogP contribution in [0.4, 0.5) is 0 Å². The summed E-state index contributed by atoms with van der Waals surface area (Å²) < 4.78 is 29.6. The lowest BCUT2D eigenvalue weighted by atomic mass is 9.82. The summed E-state index contributed by atoms with van der Waals surface area (Å²) in [6.45, 7) is 0.234. The van der Waals surface area contributed by atoms with E-state index < -0.39 is 15.6 Å². The number of carbonyl (C=O) groups excluding carboxylic acids is 1. The van der Waals surface area contributed by atoms with Gasteiger partial charge in [-0.2, -0.15) is 4.72 Å². The molecule has 2 aromatic carbocycles. The molecule has 1 heterocycles. The molecular formula is C23H24ClN3O3S. The Morgan fingerprint density at radius 3 is 2.52 bits per heavy atom. The molecule has 2 N–H and O–H groups in total. The fraction of sp³-hybridized carbons (Fsp3) is 0.304. The number of para-hydroxylation sites is 1. The summed E-state index contributed by atoms with van der Waals surface area (Å²) in [4.78, 5) is 17.6. The van der Waals surface area contributed by atoms with Crippen molar-refractivity contribution in [3.05, 3.63) is 71.4 Å². The highest BCUT2D eigenvalue weighted by Gasteiger charge is 2.43. The molecule has 0 aliphatic heterocycles. The Morgan fingerprint density at radius 2 is 1.74 bits per heavy atom. The largest absolute Gasteiger partial charge is 0.350 e. The van der Waals surface area contributed by atoms with Crippen molar-refractivity contribution in [2.45, 2.75) is 49.1 Å². The van der Waals surface area contributed by atoms with Gasteiger partial charge in [0.15, 0.2) is 0 Å². The van der Waals surface area contributed by atoms with Gasteiger partial charge in [-0.15, -0.1) is 0 Å². The molecule has 0 atom stereocenters. The van der Waals surface area contributed by atoms with Crippen molar-refractivity contribution in [2.75, 3.05) is 0 Å². The topological polar surface area (TPSA) is 88.2 Å². The van der Waals surface area contributed by atoms with Crippen LogP contribution in [0.3, 0.4) is 0 Å². The molecule has 0 bridgehead atoms. The molecular weight excluding hydrogens is 434 g/mol. The van der Waals surface area contributed by atoms with Crippen molar-refractivity contribution in [1.29, 1.82) is 0 Å². The van der Waals surface area contributed by atoms with Crippen molar-refractivity contribution in [3.8, 4) is 0 Å². The Balaban J connectivity index is 1.62. The van der Waals surface area contributed by atoms with E-state index in [9.17, 15) is 13.2 Å². The van der Waals surface area contributed by atoms with Gasteiger partial charge < -0.3 is 5.32 Å². The van der Waals surface area contributed by atoms with Gasteiger partial charge in [-0.05, 0) is 36.6 Å². The number of nitrogens with one attached hydrogen (secondary N) is 2. The van der Waals surface area contributed by atoms with Gasteiger partial charge in [-0.25, -0.2) is 8.42 Å². The first-order valence-corrected chi connectivity index (χ1v) is 12.2. The number of hydrogen-bond acceptors (Lipinski definition) is 4.